The number of anilines is 1. The molecule has 0 bridgehead atoms. The maximum Gasteiger partial charge on any atom is 0.355 e. The highest BCUT2D eigenvalue weighted by atomic mass is 16.5. The van der Waals surface area contributed by atoms with E-state index < -0.39 is 24.5 Å². The number of aromatic nitrogens is 1. The van der Waals surface area contributed by atoms with E-state index in [4.69, 9.17) is 9.47 Å². The lowest BCUT2D eigenvalue weighted by atomic mass is 10.2. The van der Waals surface area contributed by atoms with Crippen LogP contribution in [0.1, 0.15) is 51.5 Å². The fourth-order valence-corrected chi connectivity index (χ4v) is 2.09. The van der Waals surface area contributed by atoms with E-state index in [1.165, 1.54) is 31.3 Å². The van der Waals surface area contributed by atoms with Crippen molar-refractivity contribution in [3.8, 4) is 0 Å². The van der Waals surface area contributed by atoms with Crippen LogP contribution in [-0.2, 0) is 14.3 Å². The summed E-state index contributed by atoms with van der Waals surface area (Å²) in [5, 5.41) is 2.55. The third-order valence-corrected chi connectivity index (χ3v) is 3.49. The van der Waals surface area contributed by atoms with Gasteiger partial charge in [0.25, 0.3) is 5.91 Å². The number of hydrogen-bond donors (Lipinski definition) is 2. The predicted octanol–water partition coefficient (Wildman–Crippen LogP) is 2.58. The summed E-state index contributed by atoms with van der Waals surface area (Å²) in [6.07, 6.45) is 2.13. The van der Waals surface area contributed by atoms with Gasteiger partial charge in [0.15, 0.2) is 12.4 Å². The highest BCUT2D eigenvalue weighted by Crippen LogP contribution is 2.11. The van der Waals surface area contributed by atoms with E-state index in [0.29, 0.717) is 23.4 Å². The molecule has 0 aliphatic rings. The normalized spacial score (nSPS) is 10.1. The summed E-state index contributed by atoms with van der Waals surface area (Å²) in [5.41, 5.74) is 1.26. The number of carbonyl (C=O) groups is 4. The average Bonchev–Trinajstić information content (AvgIpc) is 3.15. The molecule has 0 spiro atoms. The fourth-order valence-electron chi connectivity index (χ4n) is 2.09. The van der Waals surface area contributed by atoms with Gasteiger partial charge in [0.1, 0.15) is 5.69 Å². The molecule has 0 atom stereocenters. The molecule has 1 amide bonds. The van der Waals surface area contributed by atoms with Crippen LogP contribution in [0.3, 0.4) is 0 Å². The molecule has 0 unspecified atom stereocenters. The highest BCUT2D eigenvalue weighted by Gasteiger charge is 2.14. The number of esters is 2. The van der Waals surface area contributed by atoms with Gasteiger partial charge in [-0.05, 0) is 43.7 Å². The lowest BCUT2D eigenvalue weighted by molar-refractivity contribution is -0.119. The van der Waals surface area contributed by atoms with E-state index in [1.807, 2.05) is 6.92 Å². The summed E-state index contributed by atoms with van der Waals surface area (Å²) in [6, 6.07) is 7.52. The number of Topliss-reactive ketones (excluding diaryl/α,β-unsaturated/α-hetero) is 1. The fraction of sp³-hybridized carbons (Fsp3) is 0.263. The van der Waals surface area contributed by atoms with Crippen LogP contribution in [0.15, 0.2) is 36.5 Å². The Hall–Kier alpha value is -3.42. The monoisotopic (exact) mass is 372 g/mol. The van der Waals surface area contributed by atoms with Gasteiger partial charge in [-0.25, -0.2) is 9.59 Å². The molecule has 142 valence electrons. The molecule has 0 radical (unpaired) electrons. The van der Waals surface area contributed by atoms with Crippen LogP contribution in [0.5, 0.6) is 0 Å². The van der Waals surface area contributed by atoms with Gasteiger partial charge < -0.3 is 19.8 Å². The Balaban J connectivity index is 1.83. The van der Waals surface area contributed by atoms with Gasteiger partial charge in [-0.2, -0.15) is 0 Å². The Morgan fingerprint density at radius 2 is 1.70 bits per heavy atom. The summed E-state index contributed by atoms with van der Waals surface area (Å²) in [5.74, 6) is -1.90. The third-order valence-electron chi connectivity index (χ3n) is 3.49. The van der Waals surface area contributed by atoms with Gasteiger partial charge in [-0.3, -0.25) is 9.59 Å². The number of nitrogens with one attached hydrogen (secondary N) is 2. The number of aromatic amines is 1. The highest BCUT2D eigenvalue weighted by molar-refractivity contribution is 5.98. The molecule has 2 N–H and O–H groups in total. The maximum absolute atomic E-state index is 11.9. The van der Waals surface area contributed by atoms with Gasteiger partial charge in [0.2, 0.25) is 0 Å². The van der Waals surface area contributed by atoms with Crippen molar-refractivity contribution in [1.29, 1.82) is 0 Å². The second kappa shape index (κ2) is 9.33. The minimum atomic E-state index is -0.744. The van der Waals surface area contributed by atoms with Crippen LogP contribution in [0.2, 0.25) is 0 Å². The molecule has 1 aromatic carbocycles. The first-order valence-electron chi connectivity index (χ1n) is 8.34. The molecule has 0 saturated heterocycles. The molecule has 8 nitrogen and oxygen atoms in total. The predicted molar refractivity (Wildman–Crippen MR) is 96.7 cm³/mol. The zero-order valence-electron chi connectivity index (χ0n) is 15.0. The molecule has 0 fully saturated rings. The topological polar surface area (TPSA) is 115 Å². The molecule has 1 heterocycles. The summed E-state index contributed by atoms with van der Waals surface area (Å²) in [6.45, 7) is 3.13. The van der Waals surface area contributed by atoms with E-state index in [9.17, 15) is 19.2 Å². The van der Waals surface area contributed by atoms with Gasteiger partial charge in [-0.15, -0.1) is 0 Å². The Morgan fingerprint density at radius 1 is 1.00 bits per heavy atom. The number of carbonyl (C=O) groups excluding carboxylic acids is 4. The molecule has 27 heavy (non-hydrogen) atoms. The van der Waals surface area contributed by atoms with E-state index in [2.05, 4.69) is 10.3 Å². The van der Waals surface area contributed by atoms with Crippen molar-refractivity contribution in [3.63, 3.8) is 0 Å². The Bertz CT molecular complexity index is 838. The van der Waals surface area contributed by atoms with Gasteiger partial charge >= 0.3 is 11.9 Å². The third kappa shape index (κ3) is 5.81. The van der Waals surface area contributed by atoms with Crippen LogP contribution in [0, 0.1) is 0 Å². The zero-order chi connectivity index (χ0) is 19.8. The Labute approximate surface area is 155 Å². The molecule has 2 rings (SSSR count). The van der Waals surface area contributed by atoms with Crippen LogP contribution in [0.25, 0.3) is 0 Å². The quantitative estimate of drug-likeness (QED) is 0.544. The Kier molecular flexibility index (Phi) is 6.87. The second-order valence-corrected chi connectivity index (χ2v) is 5.70. The molecule has 0 saturated carbocycles. The molecular formula is C19H20N2O6. The number of benzene rings is 1. The average molecular weight is 372 g/mol. The van der Waals surface area contributed by atoms with Gasteiger partial charge in [-0.1, -0.05) is 6.92 Å². The molecule has 0 aliphatic carbocycles. The minimum absolute atomic E-state index is 0.0861. The Morgan fingerprint density at radius 3 is 2.30 bits per heavy atom. The second-order valence-electron chi connectivity index (χ2n) is 5.70. The maximum atomic E-state index is 11.9. The van der Waals surface area contributed by atoms with Crippen molar-refractivity contribution in [2.45, 2.75) is 20.3 Å². The van der Waals surface area contributed by atoms with Crippen LogP contribution >= 0.6 is 0 Å². The van der Waals surface area contributed by atoms with Crippen LogP contribution in [0.4, 0.5) is 5.69 Å². The van der Waals surface area contributed by atoms with E-state index in [-0.39, 0.29) is 11.5 Å². The van der Waals surface area contributed by atoms with E-state index >= 15 is 0 Å². The van der Waals surface area contributed by atoms with Gasteiger partial charge in [0.05, 0.1) is 12.2 Å². The summed E-state index contributed by atoms with van der Waals surface area (Å²) >= 11 is 0. The van der Waals surface area contributed by atoms with E-state index in [1.54, 1.807) is 12.1 Å². The number of hydrogen-bond acceptors (Lipinski definition) is 6. The van der Waals surface area contributed by atoms with Crippen LogP contribution in [-0.4, -0.2) is 41.8 Å². The van der Waals surface area contributed by atoms with Crippen molar-refractivity contribution in [2.24, 2.45) is 0 Å². The van der Waals surface area contributed by atoms with Crippen molar-refractivity contribution >= 4 is 29.3 Å². The first-order valence-corrected chi connectivity index (χ1v) is 8.34. The molecule has 8 heteroatoms. The molecule has 2 aromatic rings. The number of ketones is 1. The number of amides is 1. The van der Waals surface area contributed by atoms with Crippen molar-refractivity contribution < 1.29 is 28.7 Å². The van der Waals surface area contributed by atoms with Crippen molar-refractivity contribution in [1.82, 2.24) is 4.98 Å². The first kappa shape index (κ1) is 19.9. The van der Waals surface area contributed by atoms with E-state index in [0.717, 1.165) is 6.42 Å². The zero-order valence-corrected chi connectivity index (χ0v) is 15.0. The van der Waals surface area contributed by atoms with Gasteiger partial charge in [0, 0.05) is 17.4 Å². The SMILES string of the molecule is CCCOC(=O)c1ccc(NC(=O)COC(=O)c2cc(C(C)=O)c[nH]2)cc1. The standard InChI is InChI=1S/C19H20N2O6/c1-3-8-26-18(24)13-4-6-15(7-5-13)21-17(23)11-27-19(25)16-9-14(10-20-16)12(2)22/h4-7,9-10,20H,3,8,11H2,1-2H3,(H,21,23). The number of H-pyrrole nitrogens is 1. The summed E-state index contributed by atoms with van der Waals surface area (Å²) < 4.78 is 9.91. The summed E-state index contributed by atoms with van der Waals surface area (Å²) in [7, 11) is 0. The lowest BCUT2D eigenvalue weighted by Gasteiger charge is -2.07. The van der Waals surface area contributed by atoms with Crippen molar-refractivity contribution in [3.05, 3.63) is 53.3 Å². The molecule has 0 aliphatic heterocycles. The van der Waals surface area contributed by atoms with Crippen molar-refractivity contribution in [2.75, 3.05) is 18.5 Å². The minimum Gasteiger partial charge on any atom is -0.462 e. The summed E-state index contributed by atoms with van der Waals surface area (Å²) in [4.78, 5) is 49.3. The molecule has 1 aromatic heterocycles. The van der Waals surface area contributed by atoms with Crippen LogP contribution < -0.4 is 5.32 Å². The smallest absolute Gasteiger partial charge is 0.355 e. The number of ether oxygens (including phenoxy) is 2. The lowest BCUT2D eigenvalue weighted by Crippen LogP contribution is -2.21. The number of rotatable bonds is 8. The molecular weight excluding hydrogens is 352 g/mol. The first-order chi connectivity index (χ1) is 12.9. The largest absolute Gasteiger partial charge is 0.462 e.